The smallest absolute Gasteiger partial charge is 0.338 e. The maximum absolute atomic E-state index is 11.8. The van der Waals surface area contributed by atoms with E-state index in [2.05, 4.69) is 16.0 Å². The Balaban J connectivity index is 2.43. The number of carbonyl (C=O) groups is 4. The number of benzene rings is 1. The third-order valence-corrected chi connectivity index (χ3v) is 3.02. The van der Waals surface area contributed by atoms with Crippen molar-refractivity contribution in [3.63, 3.8) is 0 Å². The summed E-state index contributed by atoms with van der Waals surface area (Å²) in [7, 11) is 0. The summed E-state index contributed by atoms with van der Waals surface area (Å²) >= 11 is 0. The molecule has 0 fully saturated rings. The van der Waals surface area contributed by atoms with Crippen LogP contribution in [0, 0.1) is 0 Å². The number of rotatable bonds is 6. The first kappa shape index (κ1) is 19.1. The molecule has 8 heteroatoms. The Hall–Kier alpha value is -2.90. The first-order valence-electron chi connectivity index (χ1n) is 7.47. The minimum Gasteiger partial charge on any atom is -0.452 e. The summed E-state index contributed by atoms with van der Waals surface area (Å²) in [4.78, 5) is 45.7. The van der Waals surface area contributed by atoms with Gasteiger partial charge in [0.25, 0.3) is 5.91 Å². The second kappa shape index (κ2) is 9.29. The largest absolute Gasteiger partial charge is 0.452 e. The van der Waals surface area contributed by atoms with Crippen molar-refractivity contribution in [1.29, 1.82) is 0 Å². The van der Waals surface area contributed by atoms with Crippen LogP contribution in [0.15, 0.2) is 24.3 Å². The molecule has 0 unspecified atom stereocenters. The maximum Gasteiger partial charge on any atom is 0.338 e. The second-order valence-corrected chi connectivity index (χ2v) is 5.17. The predicted molar refractivity (Wildman–Crippen MR) is 87.5 cm³/mol. The molecule has 0 heterocycles. The molecule has 0 aliphatic carbocycles. The van der Waals surface area contributed by atoms with Gasteiger partial charge in [-0.1, -0.05) is 6.92 Å². The van der Waals surface area contributed by atoms with Gasteiger partial charge in [0.2, 0.25) is 5.91 Å². The van der Waals surface area contributed by atoms with E-state index >= 15 is 0 Å². The lowest BCUT2D eigenvalue weighted by Gasteiger charge is -2.11. The van der Waals surface area contributed by atoms with Crippen LogP contribution in [0.4, 0.5) is 10.5 Å². The standard InChI is InChI=1S/C16H21N3O5/c1-4-10(2)17-16(23)19-14(21)9-24-15(22)12-5-7-13(8-6-12)18-11(3)20/h5-8,10H,4,9H2,1-3H3,(H,18,20)(H2,17,19,21,23)/t10-/m0/s1. The van der Waals surface area contributed by atoms with Crippen molar-refractivity contribution < 1.29 is 23.9 Å². The fourth-order valence-electron chi connectivity index (χ4n) is 1.63. The Labute approximate surface area is 139 Å². The maximum atomic E-state index is 11.8. The monoisotopic (exact) mass is 335 g/mol. The Morgan fingerprint density at radius 1 is 1.12 bits per heavy atom. The Morgan fingerprint density at radius 3 is 2.29 bits per heavy atom. The normalized spacial score (nSPS) is 11.1. The summed E-state index contributed by atoms with van der Waals surface area (Å²) in [6.07, 6.45) is 0.727. The molecule has 1 aromatic carbocycles. The van der Waals surface area contributed by atoms with E-state index < -0.39 is 24.5 Å². The van der Waals surface area contributed by atoms with Crippen LogP contribution < -0.4 is 16.0 Å². The molecule has 24 heavy (non-hydrogen) atoms. The number of anilines is 1. The van der Waals surface area contributed by atoms with Crippen LogP contribution in [0.3, 0.4) is 0 Å². The van der Waals surface area contributed by atoms with Crippen LogP contribution in [0.25, 0.3) is 0 Å². The lowest BCUT2D eigenvalue weighted by molar-refractivity contribution is -0.123. The predicted octanol–water partition coefficient (Wildman–Crippen LogP) is 1.43. The van der Waals surface area contributed by atoms with Gasteiger partial charge < -0.3 is 15.4 Å². The molecule has 1 aromatic rings. The lowest BCUT2D eigenvalue weighted by atomic mass is 10.2. The van der Waals surface area contributed by atoms with E-state index in [1.807, 2.05) is 6.92 Å². The molecular formula is C16H21N3O5. The molecule has 0 aliphatic heterocycles. The van der Waals surface area contributed by atoms with Gasteiger partial charge in [0.15, 0.2) is 6.61 Å². The molecule has 3 N–H and O–H groups in total. The molecule has 1 atom stereocenters. The molecule has 8 nitrogen and oxygen atoms in total. The number of ether oxygens (including phenoxy) is 1. The SMILES string of the molecule is CC[C@H](C)NC(=O)NC(=O)COC(=O)c1ccc(NC(C)=O)cc1. The van der Waals surface area contributed by atoms with E-state index in [0.717, 1.165) is 6.42 Å². The highest BCUT2D eigenvalue weighted by atomic mass is 16.5. The molecule has 130 valence electrons. The fourth-order valence-corrected chi connectivity index (χ4v) is 1.63. The van der Waals surface area contributed by atoms with Gasteiger partial charge >= 0.3 is 12.0 Å². The van der Waals surface area contributed by atoms with Crippen LogP contribution in [0.5, 0.6) is 0 Å². The van der Waals surface area contributed by atoms with Crippen LogP contribution in [-0.2, 0) is 14.3 Å². The fraction of sp³-hybridized carbons (Fsp3) is 0.375. The number of imide groups is 1. The van der Waals surface area contributed by atoms with Crippen molar-refractivity contribution in [1.82, 2.24) is 10.6 Å². The summed E-state index contributed by atoms with van der Waals surface area (Å²) < 4.78 is 4.82. The van der Waals surface area contributed by atoms with Crippen molar-refractivity contribution in [2.45, 2.75) is 33.2 Å². The van der Waals surface area contributed by atoms with Gasteiger partial charge in [0.1, 0.15) is 0 Å². The summed E-state index contributed by atoms with van der Waals surface area (Å²) in [6.45, 7) is 4.50. The van der Waals surface area contributed by atoms with Gasteiger partial charge in [0.05, 0.1) is 5.56 Å². The molecule has 0 radical (unpaired) electrons. The number of hydrogen-bond acceptors (Lipinski definition) is 5. The third kappa shape index (κ3) is 6.91. The molecular weight excluding hydrogens is 314 g/mol. The van der Waals surface area contributed by atoms with Crippen LogP contribution in [0.2, 0.25) is 0 Å². The van der Waals surface area contributed by atoms with Crippen molar-refractivity contribution in [3.05, 3.63) is 29.8 Å². The quantitative estimate of drug-likeness (QED) is 0.681. The van der Waals surface area contributed by atoms with Crippen LogP contribution in [-0.4, -0.2) is 36.5 Å². The van der Waals surface area contributed by atoms with Gasteiger partial charge in [-0.2, -0.15) is 0 Å². The topological polar surface area (TPSA) is 114 Å². The van der Waals surface area contributed by atoms with E-state index in [0.29, 0.717) is 5.69 Å². The number of amides is 4. The van der Waals surface area contributed by atoms with Gasteiger partial charge in [-0.05, 0) is 37.6 Å². The lowest BCUT2D eigenvalue weighted by Crippen LogP contribution is -2.44. The Bertz CT molecular complexity index is 613. The highest BCUT2D eigenvalue weighted by Gasteiger charge is 2.13. The molecule has 1 rings (SSSR count). The second-order valence-electron chi connectivity index (χ2n) is 5.17. The highest BCUT2D eigenvalue weighted by molar-refractivity contribution is 5.97. The third-order valence-electron chi connectivity index (χ3n) is 3.02. The first-order chi connectivity index (χ1) is 11.3. The van der Waals surface area contributed by atoms with Crippen molar-refractivity contribution in [2.24, 2.45) is 0 Å². The van der Waals surface area contributed by atoms with Gasteiger partial charge in [0, 0.05) is 18.7 Å². The van der Waals surface area contributed by atoms with E-state index in [4.69, 9.17) is 4.74 Å². The average Bonchev–Trinajstić information content (AvgIpc) is 2.52. The molecule has 0 bridgehead atoms. The van der Waals surface area contributed by atoms with E-state index in [1.54, 1.807) is 6.92 Å². The zero-order chi connectivity index (χ0) is 18.1. The van der Waals surface area contributed by atoms with Gasteiger partial charge in [-0.25, -0.2) is 9.59 Å². The number of esters is 1. The van der Waals surface area contributed by atoms with Crippen molar-refractivity contribution in [2.75, 3.05) is 11.9 Å². The van der Waals surface area contributed by atoms with Gasteiger partial charge in [-0.3, -0.25) is 14.9 Å². The zero-order valence-electron chi connectivity index (χ0n) is 13.8. The number of nitrogens with one attached hydrogen (secondary N) is 3. The highest BCUT2D eigenvalue weighted by Crippen LogP contribution is 2.10. The summed E-state index contributed by atoms with van der Waals surface area (Å²) in [6, 6.07) is 5.30. The molecule has 4 amide bonds. The van der Waals surface area contributed by atoms with E-state index in [1.165, 1.54) is 31.2 Å². The molecule has 0 saturated heterocycles. The van der Waals surface area contributed by atoms with E-state index in [-0.39, 0.29) is 17.5 Å². The van der Waals surface area contributed by atoms with E-state index in [9.17, 15) is 19.2 Å². The summed E-state index contributed by atoms with van der Waals surface area (Å²) in [5, 5.41) is 7.19. The Morgan fingerprint density at radius 2 is 1.75 bits per heavy atom. The molecule has 0 aromatic heterocycles. The van der Waals surface area contributed by atoms with Crippen molar-refractivity contribution >= 4 is 29.5 Å². The number of hydrogen-bond donors (Lipinski definition) is 3. The molecule has 0 aliphatic rings. The first-order valence-corrected chi connectivity index (χ1v) is 7.47. The number of carbonyl (C=O) groups excluding carboxylic acids is 4. The zero-order valence-corrected chi connectivity index (χ0v) is 13.8. The molecule has 0 spiro atoms. The average molecular weight is 335 g/mol. The number of urea groups is 1. The van der Waals surface area contributed by atoms with Gasteiger partial charge in [-0.15, -0.1) is 0 Å². The minimum atomic E-state index is -0.723. The summed E-state index contributed by atoms with van der Waals surface area (Å²) in [5.41, 5.74) is 0.763. The minimum absolute atomic E-state index is 0.0672. The molecule has 0 saturated carbocycles. The summed E-state index contributed by atoms with van der Waals surface area (Å²) in [5.74, 6) is -1.65. The van der Waals surface area contributed by atoms with Crippen LogP contribution in [0.1, 0.15) is 37.6 Å². The van der Waals surface area contributed by atoms with Crippen molar-refractivity contribution in [3.8, 4) is 0 Å². The van der Waals surface area contributed by atoms with Crippen LogP contribution >= 0.6 is 0 Å². The Kier molecular flexibility index (Phi) is 7.41.